The van der Waals surface area contributed by atoms with Crippen molar-refractivity contribution in [3.63, 3.8) is 0 Å². The molecule has 0 spiro atoms. The van der Waals surface area contributed by atoms with Gasteiger partial charge in [-0.15, -0.1) is 0 Å². The zero-order valence-corrected chi connectivity index (χ0v) is 12.7. The predicted molar refractivity (Wildman–Crippen MR) is 79.5 cm³/mol. The van der Waals surface area contributed by atoms with Crippen molar-refractivity contribution in [2.24, 2.45) is 11.7 Å². The molecule has 1 fully saturated rings. The van der Waals surface area contributed by atoms with E-state index in [-0.39, 0.29) is 17.4 Å². The van der Waals surface area contributed by atoms with E-state index in [0.29, 0.717) is 18.2 Å². The Morgan fingerprint density at radius 1 is 1.48 bits per heavy atom. The normalized spacial score (nSPS) is 19.0. The summed E-state index contributed by atoms with van der Waals surface area (Å²) in [4.78, 5) is 12.2. The number of carbonyl (C=O) groups excluding carboxylic acids is 1. The first-order valence-corrected chi connectivity index (χ1v) is 7.46. The summed E-state index contributed by atoms with van der Waals surface area (Å²) < 4.78 is 19.1. The molecule has 1 saturated heterocycles. The molecular formula is C15H20ClFN2O2. The van der Waals surface area contributed by atoms with Crippen LogP contribution in [0.15, 0.2) is 18.2 Å². The lowest BCUT2D eigenvalue weighted by Gasteiger charge is -2.28. The van der Waals surface area contributed by atoms with E-state index in [1.54, 1.807) is 13.0 Å². The summed E-state index contributed by atoms with van der Waals surface area (Å²) in [6.45, 7) is 2.94. The van der Waals surface area contributed by atoms with E-state index in [1.807, 2.05) is 0 Å². The Bertz CT molecular complexity index is 486. The first-order valence-electron chi connectivity index (χ1n) is 7.08. The fraction of sp³-hybridized carbons (Fsp3) is 0.533. The van der Waals surface area contributed by atoms with Gasteiger partial charge in [-0.2, -0.15) is 0 Å². The van der Waals surface area contributed by atoms with Crippen LogP contribution in [0.2, 0.25) is 5.02 Å². The summed E-state index contributed by atoms with van der Waals surface area (Å²) in [6.07, 6.45) is 1.53. The second-order valence-electron chi connectivity index (χ2n) is 5.34. The Labute approximate surface area is 128 Å². The summed E-state index contributed by atoms with van der Waals surface area (Å²) in [5, 5.41) is 3.04. The van der Waals surface area contributed by atoms with Gasteiger partial charge in [0.2, 0.25) is 5.91 Å². The molecule has 1 aliphatic rings. The van der Waals surface area contributed by atoms with Gasteiger partial charge in [-0.3, -0.25) is 4.79 Å². The quantitative estimate of drug-likeness (QED) is 0.897. The molecule has 4 nitrogen and oxygen atoms in total. The zero-order chi connectivity index (χ0) is 15.4. The van der Waals surface area contributed by atoms with E-state index >= 15 is 0 Å². The van der Waals surface area contributed by atoms with Crippen LogP contribution < -0.4 is 11.1 Å². The van der Waals surface area contributed by atoms with Gasteiger partial charge < -0.3 is 15.8 Å². The molecule has 3 N–H and O–H groups in total. The van der Waals surface area contributed by atoms with E-state index in [9.17, 15) is 9.18 Å². The average molecular weight is 315 g/mol. The zero-order valence-electron chi connectivity index (χ0n) is 11.9. The highest BCUT2D eigenvalue weighted by Gasteiger charge is 2.28. The van der Waals surface area contributed by atoms with Crippen LogP contribution >= 0.6 is 11.6 Å². The monoisotopic (exact) mass is 314 g/mol. The number of amides is 1. The molecule has 1 aromatic carbocycles. The number of carbonyl (C=O) groups is 1. The van der Waals surface area contributed by atoms with Crippen molar-refractivity contribution in [2.45, 2.75) is 31.8 Å². The maximum Gasteiger partial charge on any atom is 0.237 e. The number of benzene rings is 1. The van der Waals surface area contributed by atoms with Gasteiger partial charge in [0.25, 0.3) is 0 Å². The van der Waals surface area contributed by atoms with Crippen molar-refractivity contribution in [3.05, 3.63) is 34.6 Å². The Morgan fingerprint density at radius 3 is 2.76 bits per heavy atom. The first-order chi connectivity index (χ1) is 10.0. The van der Waals surface area contributed by atoms with Crippen molar-refractivity contribution < 1.29 is 13.9 Å². The molecule has 6 heteroatoms. The minimum atomic E-state index is -0.609. The van der Waals surface area contributed by atoms with Crippen molar-refractivity contribution in [1.29, 1.82) is 0 Å². The van der Waals surface area contributed by atoms with Crippen molar-refractivity contribution in [2.75, 3.05) is 13.2 Å². The van der Waals surface area contributed by atoms with Crippen LogP contribution in [-0.4, -0.2) is 25.2 Å². The maximum atomic E-state index is 13.8. The average Bonchev–Trinajstić information content (AvgIpc) is 2.47. The Balaban J connectivity index is 2.01. The lowest BCUT2D eigenvalue weighted by Crippen LogP contribution is -2.47. The molecule has 0 bridgehead atoms. The van der Waals surface area contributed by atoms with Crippen LogP contribution in [-0.2, 0) is 9.53 Å². The summed E-state index contributed by atoms with van der Waals surface area (Å²) in [5.74, 6) is -0.620. The van der Waals surface area contributed by atoms with Crippen molar-refractivity contribution >= 4 is 17.5 Å². The van der Waals surface area contributed by atoms with Crippen molar-refractivity contribution in [1.82, 2.24) is 5.32 Å². The van der Waals surface area contributed by atoms with E-state index < -0.39 is 17.9 Å². The maximum absolute atomic E-state index is 13.8. The van der Waals surface area contributed by atoms with Crippen LogP contribution in [0.1, 0.15) is 31.4 Å². The van der Waals surface area contributed by atoms with Gasteiger partial charge in [0, 0.05) is 23.8 Å². The number of hydrogen-bond donors (Lipinski definition) is 2. The van der Waals surface area contributed by atoms with Crippen molar-refractivity contribution in [3.8, 4) is 0 Å². The topological polar surface area (TPSA) is 64.4 Å². The summed E-state index contributed by atoms with van der Waals surface area (Å²) in [5.41, 5.74) is 6.28. The van der Waals surface area contributed by atoms with Gasteiger partial charge in [-0.1, -0.05) is 17.7 Å². The van der Waals surface area contributed by atoms with E-state index in [4.69, 9.17) is 22.1 Å². The molecule has 0 radical (unpaired) electrons. The SMILES string of the molecule is CC(NC(=O)C(N)C1CCOCC1)c1c(F)cccc1Cl. The number of hydrogen-bond acceptors (Lipinski definition) is 3. The number of rotatable bonds is 4. The lowest BCUT2D eigenvalue weighted by molar-refractivity contribution is -0.125. The molecule has 21 heavy (non-hydrogen) atoms. The van der Waals surface area contributed by atoms with Gasteiger partial charge in [0.15, 0.2) is 0 Å². The highest BCUT2D eigenvalue weighted by Crippen LogP contribution is 2.26. The van der Waals surface area contributed by atoms with Gasteiger partial charge in [0.1, 0.15) is 5.82 Å². The van der Waals surface area contributed by atoms with Crippen LogP contribution in [0.3, 0.4) is 0 Å². The molecule has 2 rings (SSSR count). The summed E-state index contributed by atoms with van der Waals surface area (Å²) >= 11 is 6.00. The van der Waals surface area contributed by atoms with Gasteiger partial charge >= 0.3 is 0 Å². The first kappa shape index (κ1) is 16.2. The van der Waals surface area contributed by atoms with Crippen LogP contribution in [0.4, 0.5) is 4.39 Å². The number of nitrogens with one attached hydrogen (secondary N) is 1. The highest BCUT2D eigenvalue weighted by molar-refractivity contribution is 6.31. The molecule has 116 valence electrons. The number of halogens is 2. The molecule has 0 aliphatic carbocycles. The lowest BCUT2D eigenvalue weighted by atomic mass is 9.91. The van der Waals surface area contributed by atoms with E-state index in [0.717, 1.165) is 12.8 Å². The van der Waals surface area contributed by atoms with Gasteiger partial charge in [-0.25, -0.2) is 4.39 Å². The second kappa shape index (κ2) is 7.20. The third kappa shape index (κ3) is 3.93. The molecule has 1 heterocycles. The highest BCUT2D eigenvalue weighted by atomic mass is 35.5. The molecule has 1 aromatic rings. The fourth-order valence-electron chi connectivity index (χ4n) is 2.60. The van der Waals surface area contributed by atoms with E-state index in [1.165, 1.54) is 12.1 Å². The number of ether oxygens (including phenoxy) is 1. The van der Waals surface area contributed by atoms with E-state index in [2.05, 4.69) is 5.32 Å². The third-order valence-corrected chi connectivity index (χ3v) is 4.20. The largest absolute Gasteiger partial charge is 0.381 e. The minimum absolute atomic E-state index is 0.0991. The summed E-state index contributed by atoms with van der Waals surface area (Å²) in [7, 11) is 0. The molecule has 1 amide bonds. The van der Waals surface area contributed by atoms with Crippen LogP contribution in [0.25, 0.3) is 0 Å². The molecule has 0 saturated carbocycles. The molecular weight excluding hydrogens is 295 g/mol. The number of nitrogens with two attached hydrogens (primary N) is 1. The van der Waals surface area contributed by atoms with Crippen LogP contribution in [0, 0.1) is 11.7 Å². The standard InChI is InChI=1S/C15H20ClFN2O2/c1-9(13-11(16)3-2-4-12(13)17)19-15(20)14(18)10-5-7-21-8-6-10/h2-4,9-10,14H,5-8,18H2,1H3,(H,19,20). The minimum Gasteiger partial charge on any atom is -0.381 e. The Morgan fingerprint density at radius 2 is 2.14 bits per heavy atom. The predicted octanol–water partition coefficient (Wildman–Crippen LogP) is 2.41. The molecule has 2 unspecified atom stereocenters. The Kier molecular flexibility index (Phi) is 5.56. The van der Waals surface area contributed by atoms with Crippen LogP contribution in [0.5, 0.6) is 0 Å². The third-order valence-electron chi connectivity index (χ3n) is 3.87. The second-order valence-corrected chi connectivity index (χ2v) is 5.75. The van der Waals surface area contributed by atoms with Gasteiger partial charge in [-0.05, 0) is 37.8 Å². The molecule has 2 atom stereocenters. The Hall–Kier alpha value is -1.17. The smallest absolute Gasteiger partial charge is 0.237 e. The van der Waals surface area contributed by atoms with Gasteiger partial charge in [0.05, 0.1) is 12.1 Å². The molecule has 1 aliphatic heterocycles. The molecule has 0 aromatic heterocycles. The summed E-state index contributed by atoms with van der Waals surface area (Å²) in [6, 6.07) is 3.31. The fourth-order valence-corrected chi connectivity index (χ4v) is 2.92.